The van der Waals surface area contributed by atoms with Crippen LogP contribution in [0, 0.1) is 13.8 Å². The smallest absolute Gasteiger partial charge is 0.282 e. The van der Waals surface area contributed by atoms with Gasteiger partial charge in [-0.25, -0.2) is 5.01 Å². The van der Waals surface area contributed by atoms with Crippen LogP contribution in [-0.2, 0) is 16.0 Å². The summed E-state index contributed by atoms with van der Waals surface area (Å²) in [5, 5.41) is 1.28. The first kappa shape index (κ1) is 23.1. The molecule has 0 spiro atoms. The van der Waals surface area contributed by atoms with Crippen LogP contribution in [0.1, 0.15) is 29.2 Å². The first-order valence-corrected chi connectivity index (χ1v) is 11.3. The molecule has 1 saturated heterocycles. The minimum absolute atomic E-state index is 0.0680. The molecule has 3 aromatic rings. The summed E-state index contributed by atoms with van der Waals surface area (Å²) in [5.41, 5.74) is 7.38. The van der Waals surface area contributed by atoms with Gasteiger partial charge < -0.3 is 9.47 Å². The van der Waals surface area contributed by atoms with E-state index in [9.17, 15) is 9.59 Å². The molecule has 1 N–H and O–H groups in total. The zero-order valence-electron chi connectivity index (χ0n) is 19.6. The summed E-state index contributed by atoms with van der Waals surface area (Å²) in [6.45, 7) is 6.84. The van der Waals surface area contributed by atoms with Gasteiger partial charge in [-0.2, -0.15) is 0 Å². The number of carbonyl (C=O) groups is 2. The molecule has 2 amide bonds. The predicted molar refractivity (Wildman–Crippen MR) is 133 cm³/mol. The van der Waals surface area contributed by atoms with Gasteiger partial charge in [-0.1, -0.05) is 42.5 Å². The molecule has 0 aromatic heterocycles. The molecule has 0 atom stereocenters. The Labute approximate surface area is 199 Å². The van der Waals surface area contributed by atoms with E-state index in [-0.39, 0.29) is 5.57 Å². The van der Waals surface area contributed by atoms with E-state index in [4.69, 9.17) is 9.47 Å². The van der Waals surface area contributed by atoms with Crippen LogP contribution in [0.2, 0.25) is 0 Å². The Bertz CT molecular complexity index is 1230. The molecule has 0 aliphatic carbocycles. The Morgan fingerprint density at radius 3 is 2.41 bits per heavy atom. The van der Waals surface area contributed by atoms with Gasteiger partial charge in [0.05, 0.1) is 18.9 Å². The molecule has 6 nitrogen and oxygen atoms in total. The second kappa shape index (κ2) is 10.3. The van der Waals surface area contributed by atoms with E-state index in [1.54, 1.807) is 18.2 Å². The number of hydrogen-bond donors (Lipinski definition) is 1. The zero-order valence-corrected chi connectivity index (χ0v) is 19.6. The van der Waals surface area contributed by atoms with E-state index in [0.29, 0.717) is 36.0 Å². The summed E-state index contributed by atoms with van der Waals surface area (Å²) < 4.78 is 11.7. The summed E-state index contributed by atoms with van der Waals surface area (Å²) in [7, 11) is 0. The van der Waals surface area contributed by atoms with Gasteiger partial charge in [0.15, 0.2) is 11.5 Å². The number of hydrazine groups is 1. The number of aryl methyl sites for hydroxylation is 2. The molecular weight excluding hydrogens is 428 g/mol. The van der Waals surface area contributed by atoms with Crippen molar-refractivity contribution < 1.29 is 19.1 Å². The monoisotopic (exact) mass is 456 g/mol. The Morgan fingerprint density at radius 1 is 0.882 bits per heavy atom. The number of rotatable bonds is 8. The molecule has 0 radical (unpaired) electrons. The van der Waals surface area contributed by atoms with Gasteiger partial charge in [0, 0.05) is 6.42 Å². The fraction of sp³-hybridized carbons (Fsp3) is 0.214. The van der Waals surface area contributed by atoms with Gasteiger partial charge in [0.25, 0.3) is 11.8 Å². The van der Waals surface area contributed by atoms with Crippen molar-refractivity contribution >= 4 is 23.6 Å². The first-order valence-electron chi connectivity index (χ1n) is 11.3. The lowest BCUT2D eigenvalue weighted by molar-refractivity contribution is -0.117. The largest absolute Gasteiger partial charge is 0.490 e. The summed E-state index contributed by atoms with van der Waals surface area (Å²) in [6, 6.07) is 21.2. The lowest BCUT2D eigenvalue weighted by atomic mass is 10.1. The van der Waals surface area contributed by atoms with Gasteiger partial charge in [-0.3, -0.25) is 15.0 Å². The summed E-state index contributed by atoms with van der Waals surface area (Å²) in [5.74, 6) is 0.361. The normalized spacial score (nSPS) is 14.4. The van der Waals surface area contributed by atoms with E-state index >= 15 is 0 Å². The highest BCUT2D eigenvalue weighted by Crippen LogP contribution is 2.30. The van der Waals surface area contributed by atoms with Crippen LogP contribution in [0.5, 0.6) is 11.5 Å². The molecule has 1 aliphatic rings. The Hall–Kier alpha value is -4.06. The molecule has 4 rings (SSSR count). The highest BCUT2D eigenvalue weighted by atomic mass is 16.5. The molecular formula is C28H28N2O4. The van der Waals surface area contributed by atoms with Gasteiger partial charge in [-0.15, -0.1) is 0 Å². The summed E-state index contributed by atoms with van der Waals surface area (Å²) in [6.07, 6.45) is 2.36. The molecule has 3 aromatic carbocycles. The molecule has 174 valence electrons. The number of nitrogens with one attached hydrogen (secondary N) is 1. The van der Waals surface area contributed by atoms with E-state index in [2.05, 4.69) is 17.6 Å². The second-order valence-corrected chi connectivity index (χ2v) is 8.13. The Kier molecular flexibility index (Phi) is 6.97. The molecule has 6 heteroatoms. The minimum Gasteiger partial charge on any atom is -0.490 e. The van der Waals surface area contributed by atoms with Crippen LogP contribution in [0.3, 0.4) is 0 Å². The second-order valence-electron chi connectivity index (χ2n) is 8.13. The number of benzene rings is 3. The number of nitrogens with zero attached hydrogens (tertiary/aromatic N) is 1. The average Bonchev–Trinajstić information content (AvgIpc) is 3.11. The van der Waals surface area contributed by atoms with Crippen LogP contribution in [-0.4, -0.2) is 25.0 Å². The van der Waals surface area contributed by atoms with Gasteiger partial charge in [-0.05, 0) is 73.4 Å². The third-order valence-corrected chi connectivity index (χ3v) is 5.71. The van der Waals surface area contributed by atoms with Crippen LogP contribution < -0.4 is 19.9 Å². The van der Waals surface area contributed by atoms with Crippen LogP contribution in [0.25, 0.3) is 6.08 Å². The highest BCUT2D eigenvalue weighted by Gasteiger charge is 2.34. The molecule has 0 saturated carbocycles. The van der Waals surface area contributed by atoms with E-state index in [1.807, 2.05) is 63.2 Å². The maximum atomic E-state index is 13.0. The summed E-state index contributed by atoms with van der Waals surface area (Å²) >= 11 is 0. The average molecular weight is 457 g/mol. The number of ether oxygens (including phenoxy) is 2. The number of amides is 2. The maximum absolute atomic E-state index is 13.0. The van der Waals surface area contributed by atoms with Crippen molar-refractivity contribution in [2.24, 2.45) is 0 Å². The van der Waals surface area contributed by atoms with Crippen molar-refractivity contribution in [3.8, 4) is 11.5 Å². The lowest BCUT2D eigenvalue weighted by Gasteiger charge is -2.16. The van der Waals surface area contributed by atoms with Crippen LogP contribution >= 0.6 is 0 Å². The third kappa shape index (κ3) is 5.12. The van der Waals surface area contributed by atoms with Gasteiger partial charge in [0.1, 0.15) is 5.57 Å². The molecule has 1 aliphatic heterocycles. The maximum Gasteiger partial charge on any atom is 0.282 e. The van der Waals surface area contributed by atoms with Crippen LogP contribution in [0.4, 0.5) is 5.69 Å². The number of anilines is 1. The van der Waals surface area contributed by atoms with E-state index in [1.165, 1.54) is 10.6 Å². The Morgan fingerprint density at radius 2 is 1.68 bits per heavy atom. The van der Waals surface area contributed by atoms with Crippen LogP contribution in [0.15, 0.2) is 72.3 Å². The molecule has 0 unspecified atom stereocenters. The quantitative estimate of drug-likeness (QED) is 0.391. The zero-order chi connectivity index (χ0) is 24.1. The van der Waals surface area contributed by atoms with Crippen molar-refractivity contribution in [3.63, 3.8) is 0 Å². The number of hydrogen-bond acceptors (Lipinski definition) is 4. The molecule has 1 fully saturated rings. The van der Waals surface area contributed by atoms with Crippen molar-refractivity contribution in [1.29, 1.82) is 0 Å². The van der Waals surface area contributed by atoms with Crippen molar-refractivity contribution in [2.45, 2.75) is 27.2 Å². The standard InChI is InChI=1S/C28H28N2O4/c1-4-33-26-18-22(11-13-25(26)34-15-14-21-8-6-5-7-9-21)17-24-27(31)29-30(28(24)32)23-12-10-19(2)20(3)16-23/h5-13,16-18H,4,14-15H2,1-3H3,(H,29,31)/b24-17-. The fourth-order valence-electron chi connectivity index (χ4n) is 3.70. The minimum atomic E-state index is -0.440. The van der Waals surface area contributed by atoms with Crippen molar-refractivity contribution in [3.05, 3.63) is 94.6 Å². The Balaban J connectivity index is 1.52. The first-order chi connectivity index (χ1) is 16.5. The summed E-state index contributed by atoms with van der Waals surface area (Å²) in [4.78, 5) is 25.6. The van der Waals surface area contributed by atoms with Crippen molar-refractivity contribution in [1.82, 2.24) is 5.43 Å². The molecule has 34 heavy (non-hydrogen) atoms. The van der Waals surface area contributed by atoms with Gasteiger partial charge in [0.2, 0.25) is 0 Å². The van der Waals surface area contributed by atoms with E-state index in [0.717, 1.165) is 17.5 Å². The molecule has 1 heterocycles. The number of carbonyl (C=O) groups excluding carboxylic acids is 2. The van der Waals surface area contributed by atoms with Gasteiger partial charge >= 0.3 is 0 Å². The van der Waals surface area contributed by atoms with Crippen molar-refractivity contribution in [2.75, 3.05) is 18.2 Å². The highest BCUT2D eigenvalue weighted by molar-refractivity contribution is 6.31. The molecule has 0 bridgehead atoms. The van der Waals surface area contributed by atoms with E-state index < -0.39 is 11.8 Å². The lowest BCUT2D eigenvalue weighted by Crippen LogP contribution is -2.35. The topological polar surface area (TPSA) is 67.9 Å². The SMILES string of the molecule is CCOc1cc(/C=C2/C(=O)NN(c3ccc(C)c(C)c3)C2=O)ccc1OCCc1ccccc1. The third-order valence-electron chi connectivity index (χ3n) is 5.71. The fourth-order valence-corrected chi connectivity index (χ4v) is 3.70. The predicted octanol–water partition coefficient (Wildman–Crippen LogP) is 4.79.